The Labute approximate surface area is 110 Å². The molecule has 0 radical (unpaired) electrons. The number of aromatic nitrogens is 1. The number of carbonyl (C=O) groups is 1. The van der Waals surface area contributed by atoms with Crippen molar-refractivity contribution in [3.8, 4) is 0 Å². The van der Waals surface area contributed by atoms with E-state index < -0.39 is 6.04 Å². The van der Waals surface area contributed by atoms with Gasteiger partial charge in [-0.1, -0.05) is 30.3 Å². The third kappa shape index (κ3) is 3.38. The zero-order chi connectivity index (χ0) is 13.0. The van der Waals surface area contributed by atoms with E-state index in [1.54, 1.807) is 0 Å². The summed E-state index contributed by atoms with van der Waals surface area (Å²) in [7, 11) is 0. The van der Waals surface area contributed by atoms with Gasteiger partial charge in [-0.05, 0) is 18.9 Å². The van der Waals surface area contributed by atoms with Crippen molar-refractivity contribution >= 4 is 22.4 Å². The number of carbonyl (C=O) groups excluding carboxylic acids is 1. The topological polar surface area (TPSA) is 68.0 Å². The van der Waals surface area contributed by atoms with Crippen LogP contribution in [0.2, 0.25) is 0 Å². The van der Waals surface area contributed by atoms with Crippen LogP contribution in [-0.4, -0.2) is 16.9 Å². The van der Waals surface area contributed by atoms with Gasteiger partial charge in [-0.2, -0.15) is 0 Å². The Morgan fingerprint density at radius 1 is 1.44 bits per heavy atom. The second-order valence-corrected chi connectivity index (χ2v) is 4.94. The molecule has 1 heterocycles. The number of nitrogens with one attached hydrogen (secondary N) is 1. The van der Waals surface area contributed by atoms with Gasteiger partial charge in [0.05, 0.1) is 11.7 Å². The molecule has 1 aromatic heterocycles. The molecule has 0 aliphatic rings. The predicted octanol–water partition coefficient (Wildman–Crippen LogP) is 1.96. The van der Waals surface area contributed by atoms with Crippen molar-refractivity contribution in [1.82, 2.24) is 4.98 Å². The van der Waals surface area contributed by atoms with Crippen molar-refractivity contribution in [2.45, 2.75) is 19.4 Å². The molecule has 3 N–H and O–H groups in total. The Hall–Kier alpha value is -1.72. The van der Waals surface area contributed by atoms with Crippen molar-refractivity contribution in [3.05, 3.63) is 47.0 Å². The second-order valence-electron chi connectivity index (χ2n) is 4.08. The molecule has 1 amide bonds. The van der Waals surface area contributed by atoms with Crippen LogP contribution in [0.4, 0.5) is 5.13 Å². The number of nitrogens with two attached hydrogens (primary N) is 1. The Kier molecular flexibility index (Phi) is 4.07. The Bertz CT molecular complexity index is 524. The molecule has 0 bridgehead atoms. The van der Waals surface area contributed by atoms with Crippen LogP contribution in [0.5, 0.6) is 0 Å². The van der Waals surface area contributed by atoms with Crippen LogP contribution in [-0.2, 0) is 11.2 Å². The SMILES string of the molecule is Cc1csc(NC(=O)C(N)Cc2ccccc2)n1. The van der Waals surface area contributed by atoms with Crippen molar-refractivity contribution in [2.24, 2.45) is 5.73 Å². The molecule has 0 spiro atoms. The van der Waals surface area contributed by atoms with Gasteiger partial charge >= 0.3 is 0 Å². The van der Waals surface area contributed by atoms with E-state index in [2.05, 4.69) is 10.3 Å². The van der Waals surface area contributed by atoms with E-state index in [9.17, 15) is 4.79 Å². The van der Waals surface area contributed by atoms with E-state index in [0.29, 0.717) is 11.6 Å². The molecular formula is C13H15N3OS. The number of nitrogens with zero attached hydrogens (tertiary/aromatic N) is 1. The molecular weight excluding hydrogens is 246 g/mol. The number of benzene rings is 1. The maximum atomic E-state index is 11.9. The summed E-state index contributed by atoms with van der Waals surface area (Å²) in [6.45, 7) is 1.88. The van der Waals surface area contributed by atoms with Crippen LogP contribution in [0, 0.1) is 6.92 Å². The number of anilines is 1. The lowest BCUT2D eigenvalue weighted by Crippen LogP contribution is -2.37. The highest BCUT2D eigenvalue weighted by Gasteiger charge is 2.15. The van der Waals surface area contributed by atoms with Gasteiger partial charge in [0.1, 0.15) is 0 Å². The van der Waals surface area contributed by atoms with E-state index in [1.807, 2.05) is 42.6 Å². The third-order valence-electron chi connectivity index (χ3n) is 2.48. The number of amides is 1. The molecule has 18 heavy (non-hydrogen) atoms. The molecule has 0 saturated carbocycles. The molecule has 0 saturated heterocycles. The Balaban J connectivity index is 1.93. The van der Waals surface area contributed by atoms with Crippen molar-refractivity contribution < 1.29 is 4.79 Å². The average molecular weight is 261 g/mol. The molecule has 1 aromatic carbocycles. The Morgan fingerprint density at radius 2 is 2.17 bits per heavy atom. The molecule has 0 aliphatic carbocycles. The molecule has 1 atom stereocenters. The van der Waals surface area contributed by atoms with Crippen molar-refractivity contribution in [1.29, 1.82) is 0 Å². The monoisotopic (exact) mass is 261 g/mol. The summed E-state index contributed by atoms with van der Waals surface area (Å²) in [5, 5.41) is 5.21. The van der Waals surface area contributed by atoms with Crippen LogP contribution in [0.3, 0.4) is 0 Å². The van der Waals surface area contributed by atoms with Gasteiger partial charge in [0.25, 0.3) is 0 Å². The first-order valence-electron chi connectivity index (χ1n) is 5.67. The number of hydrogen-bond acceptors (Lipinski definition) is 4. The van der Waals surface area contributed by atoms with Crippen LogP contribution < -0.4 is 11.1 Å². The smallest absolute Gasteiger partial charge is 0.243 e. The summed E-state index contributed by atoms with van der Waals surface area (Å²) < 4.78 is 0. The molecule has 4 nitrogen and oxygen atoms in total. The summed E-state index contributed by atoms with van der Waals surface area (Å²) >= 11 is 1.40. The minimum Gasteiger partial charge on any atom is -0.320 e. The fourth-order valence-corrected chi connectivity index (χ4v) is 2.26. The highest BCUT2D eigenvalue weighted by atomic mass is 32.1. The van der Waals surface area contributed by atoms with Crippen LogP contribution in [0.1, 0.15) is 11.3 Å². The van der Waals surface area contributed by atoms with Crippen molar-refractivity contribution in [3.63, 3.8) is 0 Å². The van der Waals surface area contributed by atoms with Gasteiger partial charge in [-0.15, -0.1) is 11.3 Å². The zero-order valence-corrected chi connectivity index (χ0v) is 10.9. The summed E-state index contributed by atoms with van der Waals surface area (Å²) in [6.07, 6.45) is 0.525. The number of hydrogen-bond donors (Lipinski definition) is 2. The van der Waals surface area contributed by atoms with Crippen LogP contribution >= 0.6 is 11.3 Å². The fourth-order valence-electron chi connectivity index (χ4n) is 1.57. The Morgan fingerprint density at radius 3 is 2.78 bits per heavy atom. The first kappa shape index (κ1) is 12.7. The van der Waals surface area contributed by atoms with E-state index in [1.165, 1.54) is 11.3 Å². The first-order chi connectivity index (χ1) is 8.65. The van der Waals surface area contributed by atoms with E-state index >= 15 is 0 Å². The first-order valence-corrected chi connectivity index (χ1v) is 6.55. The third-order valence-corrected chi connectivity index (χ3v) is 3.36. The molecule has 94 valence electrons. The van der Waals surface area contributed by atoms with E-state index in [0.717, 1.165) is 11.3 Å². The lowest BCUT2D eigenvalue weighted by Gasteiger charge is -2.10. The highest BCUT2D eigenvalue weighted by Crippen LogP contribution is 2.14. The number of thiazole rings is 1. The van der Waals surface area contributed by atoms with Gasteiger partial charge in [-0.3, -0.25) is 4.79 Å². The molecule has 2 aromatic rings. The average Bonchev–Trinajstić information content (AvgIpc) is 2.76. The lowest BCUT2D eigenvalue weighted by molar-refractivity contribution is -0.117. The molecule has 0 aliphatic heterocycles. The van der Waals surface area contributed by atoms with Crippen LogP contribution in [0.25, 0.3) is 0 Å². The molecule has 0 fully saturated rings. The summed E-state index contributed by atoms with van der Waals surface area (Å²) in [6, 6.07) is 9.17. The van der Waals surface area contributed by atoms with Gasteiger partial charge in [0.15, 0.2) is 5.13 Å². The normalized spacial score (nSPS) is 12.1. The van der Waals surface area contributed by atoms with Gasteiger partial charge in [0.2, 0.25) is 5.91 Å². The maximum absolute atomic E-state index is 11.9. The van der Waals surface area contributed by atoms with Crippen LogP contribution in [0.15, 0.2) is 35.7 Å². The standard InChI is InChI=1S/C13H15N3OS/c1-9-8-18-13(15-9)16-12(17)11(14)7-10-5-3-2-4-6-10/h2-6,8,11H,7,14H2,1H3,(H,15,16,17). The minimum atomic E-state index is -0.559. The summed E-state index contributed by atoms with van der Waals surface area (Å²) in [5.74, 6) is -0.201. The lowest BCUT2D eigenvalue weighted by atomic mass is 10.1. The zero-order valence-electron chi connectivity index (χ0n) is 10.1. The van der Waals surface area contributed by atoms with E-state index in [-0.39, 0.29) is 5.91 Å². The molecule has 5 heteroatoms. The summed E-state index contributed by atoms with van der Waals surface area (Å²) in [4.78, 5) is 16.0. The summed E-state index contributed by atoms with van der Waals surface area (Å²) in [5.41, 5.74) is 7.82. The number of aryl methyl sites for hydroxylation is 1. The second kappa shape index (κ2) is 5.75. The van der Waals surface area contributed by atoms with Gasteiger partial charge < -0.3 is 11.1 Å². The predicted molar refractivity (Wildman–Crippen MR) is 73.6 cm³/mol. The van der Waals surface area contributed by atoms with Crippen molar-refractivity contribution in [2.75, 3.05) is 5.32 Å². The van der Waals surface area contributed by atoms with Gasteiger partial charge in [0, 0.05) is 5.38 Å². The number of rotatable bonds is 4. The molecule has 1 unspecified atom stereocenters. The quantitative estimate of drug-likeness (QED) is 0.884. The van der Waals surface area contributed by atoms with E-state index in [4.69, 9.17) is 5.73 Å². The fraction of sp³-hybridized carbons (Fsp3) is 0.231. The highest BCUT2D eigenvalue weighted by molar-refractivity contribution is 7.13. The minimum absolute atomic E-state index is 0.201. The largest absolute Gasteiger partial charge is 0.320 e. The maximum Gasteiger partial charge on any atom is 0.243 e. The van der Waals surface area contributed by atoms with Gasteiger partial charge in [-0.25, -0.2) is 4.98 Å². The molecule has 2 rings (SSSR count).